The van der Waals surface area contributed by atoms with Crippen molar-refractivity contribution in [2.45, 2.75) is 64.9 Å². The average Bonchev–Trinajstić information content (AvgIpc) is 3.00. The van der Waals surface area contributed by atoms with E-state index in [9.17, 15) is 9.90 Å². The number of Topliss-reactive ketones (excluding diaryl/α,β-unsaturated/α-hetero) is 1. The van der Waals surface area contributed by atoms with E-state index in [-0.39, 0.29) is 16.9 Å². The third kappa shape index (κ3) is 2.92. The number of fused-ring (bicyclic) bond motifs is 5. The van der Waals surface area contributed by atoms with Crippen molar-refractivity contribution in [1.82, 2.24) is 0 Å². The molecule has 0 heterocycles. The van der Waals surface area contributed by atoms with E-state index in [4.69, 9.17) is 4.74 Å². The fourth-order valence-electron chi connectivity index (χ4n) is 7.34. The summed E-state index contributed by atoms with van der Waals surface area (Å²) in [6.45, 7) is 4.67. The lowest BCUT2D eigenvalue weighted by atomic mass is 9.48. The summed E-state index contributed by atoms with van der Waals surface area (Å²) in [5, 5.41) is 10.2. The first-order chi connectivity index (χ1) is 14.3. The average molecular weight is 407 g/mol. The van der Waals surface area contributed by atoms with Gasteiger partial charge in [-0.1, -0.05) is 37.6 Å². The van der Waals surface area contributed by atoms with E-state index in [1.165, 1.54) is 5.57 Å². The predicted molar refractivity (Wildman–Crippen MR) is 119 cm³/mol. The molecule has 0 unspecified atom stereocenters. The number of hydrogen-bond donors (Lipinski definition) is 1. The maximum absolute atomic E-state index is 13.5. The minimum atomic E-state index is -0.213. The Morgan fingerprint density at radius 3 is 2.50 bits per heavy atom. The quantitative estimate of drug-likeness (QED) is 0.515. The molecule has 1 N–H and O–H groups in total. The van der Waals surface area contributed by atoms with Crippen LogP contribution in [0.1, 0.15) is 64.4 Å². The Morgan fingerprint density at radius 1 is 1.03 bits per heavy atom. The number of ether oxygens (including phenoxy) is 1. The Bertz CT molecular complexity index is 911. The van der Waals surface area contributed by atoms with Gasteiger partial charge in [-0.2, -0.15) is 0 Å². The summed E-state index contributed by atoms with van der Waals surface area (Å²) in [5.74, 6) is 2.89. The summed E-state index contributed by atoms with van der Waals surface area (Å²) in [7, 11) is 1.67. The third-order valence-corrected chi connectivity index (χ3v) is 9.17. The van der Waals surface area contributed by atoms with Gasteiger partial charge < -0.3 is 9.84 Å². The van der Waals surface area contributed by atoms with Crippen LogP contribution in [0, 0.1) is 28.6 Å². The molecule has 0 saturated heterocycles. The molecule has 4 aliphatic carbocycles. The van der Waals surface area contributed by atoms with Gasteiger partial charge in [0, 0.05) is 5.41 Å². The van der Waals surface area contributed by atoms with Crippen LogP contribution in [0.5, 0.6) is 5.75 Å². The van der Waals surface area contributed by atoms with Gasteiger partial charge in [0.25, 0.3) is 0 Å². The smallest absolute Gasteiger partial charge is 0.165 e. The molecule has 1 aromatic rings. The molecule has 5 rings (SSSR count). The van der Waals surface area contributed by atoms with Crippen molar-refractivity contribution < 1.29 is 14.6 Å². The SMILES string of the molecule is COc1ccc(/C=C2\C[C@@H]3[C@H]4CC=C5C[C@@H](O)CC[C@]5(C)[C@@H]4CC[C@]3(C)C2=O)cc1. The van der Waals surface area contributed by atoms with Crippen LogP contribution in [-0.4, -0.2) is 24.1 Å². The van der Waals surface area contributed by atoms with Crippen molar-refractivity contribution in [3.05, 3.63) is 47.1 Å². The van der Waals surface area contributed by atoms with Crippen molar-refractivity contribution in [3.63, 3.8) is 0 Å². The van der Waals surface area contributed by atoms with E-state index < -0.39 is 0 Å². The van der Waals surface area contributed by atoms with Gasteiger partial charge in [0.15, 0.2) is 5.78 Å². The molecule has 3 saturated carbocycles. The minimum absolute atomic E-state index is 0.165. The first kappa shape index (κ1) is 20.1. The van der Waals surface area contributed by atoms with Crippen LogP contribution in [0.3, 0.4) is 0 Å². The molecule has 3 heteroatoms. The summed E-state index contributed by atoms with van der Waals surface area (Å²) in [4.78, 5) is 13.5. The predicted octanol–water partition coefficient (Wildman–Crippen LogP) is 5.58. The van der Waals surface area contributed by atoms with Crippen LogP contribution in [0.15, 0.2) is 41.5 Å². The highest BCUT2D eigenvalue weighted by Crippen LogP contribution is 2.64. The maximum Gasteiger partial charge on any atom is 0.165 e. The second-order valence-corrected chi connectivity index (χ2v) is 10.6. The van der Waals surface area contributed by atoms with Crippen LogP contribution in [0.2, 0.25) is 0 Å². The first-order valence-electron chi connectivity index (χ1n) is 11.6. The zero-order chi connectivity index (χ0) is 21.1. The minimum Gasteiger partial charge on any atom is -0.497 e. The molecule has 3 fully saturated rings. The molecule has 1 aromatic carbocycles. The highest BCUT2D eigenvalue weighted by atomic mass is 16.5. The van der Waals surface area contributed by atoms with Crippen molar-refractivity contribution >= 4 is 11.9 Å². The number of carbonyl (C=O) groups is 1. The molecule has 0 aliphatic heterocycles. The fraction of sp³-hybridized carbons (Fsp3) is 0.593. The van der Waals surface area contributed by atoms with Crippen LogP contribution in [-0.2, 0) is 4.79 Å². The molecule has 30 heavy (non-hydrogen) atoms. The summed E-state index contributed by atoms with van der Waals surface area (Å²) in [5.41, 5.74) is 3.58. The molecule has 3 nitrogen and oxygen atoms in total. The largest absolute Gasteiger partial charge is 0.497 e. The molecule has 0 aromatic heterocycles. The van der Waals surface area contributed by atoms with Crippen LogP contribution < -0.4 is 4.74 Å². The molecule has 0 spiro atoms. The van der Waals surface area contributed by atoms with Crippen molar-refractivity contribution in [2.24, 2.45) is 28.6 Å². The van der Waals surface area contributed by atoms with Crippen LogP contribution in [0.4, 0.5) is 0 Å². The van der Waals surface area contributed by atoms with Gasteiger partial charge >= 0.3 is 0 Å². The molecule has 0 amide bonds. The number of methoxy groups -OCH3 is 1. The molecule has 0 radical (unpaired) electrons. The van der Waals surface area contributed by atoms with Gasteiger partial charge in [0.1, 0.15) is 5.75 Å². The van der Waals surface area contributed by atoms with E-state index in [2.05, 4.69) is 26.0 Å². The Kier molecular flexibility index (Phi) is 4.74. The van der Waals surface area contributed by atoms with E-state index in [1.54, 1.807) is 7.11 Å². The number of benzene rings is 1. The van der Waals surface area contributed by atoms with Gasteiger partial charge in [-0.15, -0.1) is 0 Å². The summed E-state index contributed by atoms with van der Waals surface area (Å²) in [6.07, 6.45) is 11.4. The fourth-order valence-corrected chi connectivity index (χ4v) is 7.34. The lowest BCUT2D eigenvalue weighted by molar-refractivity contribution is -0.130. The molecule has 4 aliphatic rings. The number of hydrogen-bond acceptors (Lipinski definition) is 3. The standard InChI is InChI=1S/C27H34O3/c1-26-12-10-20(28)16-19(26)6-9-22-23(26)11-13-27(2)24(22)15-18(25(27)29)14-17-4-7-21(30-3)8-5-17/h4-8,14,20,22-24,28H,9-13,15-16H2,1-3H3/b18-14+/t20-,22-,23+,24+,26-,27-/m0/s1. The lowest BCUT2D eigenvalue weighted by Gasteiger charge is -2.56. The summed E-state index contributed by atoms with van der Waals surface area (Å²) < 4.78 is 5.26. The molecule has 6 atom stereocenters. The monoisotopic (exact) mass is 406 g/mol. The van der Waals surface area contributed by atoms with Crippen LogP contribution >= 0.6 is 0 Å². The maximum atomic E-state index is 13.5. The highest BCUT2D eigenvalue weighted by Gasteiger charge is 2.59. The van der Waals surface area contributed by atoms with E-state index in [0.29, 0.717) is 23.5 Å². The lowest BCUT2D eigenvalue weighted by Crippen LogP contribution is -2.50. The van der Waals surface area contributed by atoms with Gasteiger partial charge in [-0.3, -0.25) is 4.79 Å². The Hall–Kier alpha value is -1.87. The normalized spacial score (nSPS) is 41.7. The zero-order valence-electron chi connectivity index (χ0n) is 18.5. The number of aliphatic hydroxyl groups is 1. The van der Waals surface area contributed by atoms with Gasteiger partial charge in [0.2, 0.25) is 0 Å². The Morgan fingerprint density at radius 2 is 1.77 bits per heavy atom. The molecule has 160 valence electrons. The topological polar surface area (TPSA) is 46.5 Å². The van der Waals surface area contributed by atoms with Gasteiger partial charge in [-0.25, -0.2) is 0 Å². The van der Waals surface area contributed by atoms with E-state index in [0.717, 1.165) is 61.8 Å². The number of carbonyl (C=O) groups excluding carboxylic acids is 1. The summed E-state index contributed by atoms with van der Waals surface area (Å²) in [6, 6.07) is 8.00. The van der Waals surface area contributed by atoms with Crippen molar-refractivity contribution in [2.75, 3.05) is 7.11 Å². The van der Waals surface area contributed by atoms with Crippen molar-refractivity contribution in [1.29, 1.82) is 0 Å². The van der Waals surface area contributed by atoms with Crippen LogP contribution in [0.25, 0.3) is 6.08 Å². The highest BCUT2D eigenvalue weighted by molar-refractivity contribution is 6.05. The Balaban J connectivity index is 1.45. The number of ketones is 1. The van der Waals surface area contributed by atoms with Crippen molar-refractivity contribution in [3.8, 4) is 5.75 Å². The summed E-state index contributed by atoms with van der Waals surface area (Å²) >= 11 is 0. The van der Waals surface area contributed by atoms with E-state index >= 15 is 0 Å². The van der Waals surface area contributed by atoms with Gasteiger partial charge in [0.05, 0.1) is 13.2 Å². The zero-order valence-corrected chi connectivity index (χ0v) is 18.5. The number of rotatable bonds is 2. The number of aliphatic hydroxyl groups excluding tert-OH is 1. The number of allylic oxidation sites excluding steroid dienone is 2. The Labute approximate surface area is 180 Å². The molecular formula is C27H34O3. The second kappa shape index (κ2) is 7.09. The molecule has 0 bridgehead atoms. The molecular weight excluding hydrogens is 372 g/mol. The van der Waals surface area contributed by atoms with E-state index in [1.807, 2.05) is 24.3 Å². The van der Waals surface area contributed by atoms with Gasteiger partial charge in [-0.05, 0) is 97.5 Å². The first-order valence-corrected chi connectivity index (χ1v) is 11.6. The second-order valence-electron chi connectivity index (χ2n) is 10.6. The third-order valence-electron chi connectivity index (χ3n) is 9.17.